The average molecular weight is 278 g/mol. The van der Waals surface area contributed by atoms with Crippen LogP contribution in [0.25, 0.3) is 0 Å². The molecule has 0 fully saturated rings. The topological polar surface area (TPSA) is 71.5 Å². The third kappa shape index (κ3) is 3.45. The molecule has 100 valence electrons. The second-order valence-corrected chi connectivity index (χ2v) is 4.59. The Kier molecular flexibility index (Phi) is 4.35. The minimum absolute atomic E-state index is 0.0630. The molecule has 2 aromatic rings. The highest BCUT2D eigenvalue weighted by Crippen LogP contribution is 2.22. The van der Waals surface area contributed by atoms with Crippen LogP contribution in [0.4, 0.5) is 0 Å². The van der Waals surface area contributed by atoms with Crippen molar-refractivity contribution in [1.29, 1.82) is 0 Å². The van der Waals surface area contributed by atoms with Gasteiger partial charge in [-0.3, -0.25) is 4.79 Å². The maximum atomic E-state index is 11.9. The molecule has 5 nitrogen and oxygen atoms in total. The summed E-state index contributed by atoms with van der Waals surface area (Å²) >= 11 is 1.52. The first-order valence-corrected chi connectivity index (χ1v) is 6.67. The Morgan fingerprint density at radius 3 is 3.05 bits per heavy atom. The summed E-state index contributed by atoms with van der Waals surface area (Å²) in [5, 5.41) is 14.3. The van der Waals surface area contributed by atoms with E-state index in [1.165, 1.54) is 30.6 Å². The molecule has 1 amide bonds. The molecule has 0 spiro atoms. The number of nitrogens with one attached hydrogen (secondary N) is 1. The molecule has 0 radical (unpaired) electrons. The van der Waals surface area contributed by atoms with Crippen molar-refractivity contribution < 1.29 is 14.6 Å². The largest absolute Gasteiger partial charge is 0.507 e. The molecule has 0 saturated carbocycles. The van der Waals surface area contributed by atoms with Crippen LogP contribution in [0.3, 0.4) is 0 Å². The molecular weight excluding hydrogens is 264 g/mol. The lowest BCUT2D eigenvalue weighted by Gasteiger charge is -2.08. The van der Waals surface area contributed by atoms with E-state index in [4.69, 9.17) is 4.74 Å². The second-order valence-electron chi connectivity index (χ2n) is 3.87. The number of hydrogen-bond acceptors (Lipinski definition) is 5. The zero-order valence-electron chi connectivity index (χ0n) is 10.4. The molecule has 0 unspecified atom stereocenters. The van der Waals surface area contributed by atoms with Gasteiger partial charge in [0.05, 0.1) is 23.9 Å². The standard InChI is InChI=1S/C13H14N2O3S/c1-18-10-2-3-12(16)11(6-10)13(17)14-5-4-9-7-19-8-15-9/h2-3,6-8,16H,4-5H2,1H3,(H,14,17). The van der Waals surface area contributed by atoms with E-state index >= 15 is 0 Å². The van der Waals surface area contributed by atoms with Crippen LogP contribution >= 0.6 is 11.3 Å². The van der Waals surface area contributed by atoms with Crippen molar-refractivity contribution in [2.45, 2.75) is 6.42 Å². The first-order valence-electron chi connectivity index (χ1n) is 5.73. The van der Waals surface area contributed by atoms with Crippen LogP contribution in [0.5, 0.6) is 11.5 Å². The van der Waals surface area contributed by atoms with Crippen molar-refractivity contribution in [1.82, 2.24) is 10.3 Å². The Labute approximate surface area is 114 Å². The third-order valence-electron chi connectivity index (χ3n) is 2.60. The minimum Gasteiger partial charge on any atom is -0.507 e. The average Bonchev–Trinajstić information content (AvgIpc) is 2.92. The van der Waals surface area contributed by atoms with Crippen LogP contribution in [0.2, 0.25) is 0 Å². The van der Waals surface area contributed by atoms with E-state index in [-0.39, 0.29) is 17.2 Å². The van der Waals surface area contributed by atoms with Gasteiger partial charge < -0.3 is 15.2 Å². The van der Waals surface area contributed by atoms with E-state index in [1.807, 2.05) is 5.38 Å². The number of nitrogens with zero attached hydrogens (tertiary/aromatic N) is 1. The van der Waals surface area contributed by atoms with E-state index < -0.39 is 0 Å². The lowest BCUT2D eigenvalue weighted by atomic mass is 10.1. The number of amides is 1. The number of aromatic nitrogens is 1. The summed E-state index contributed by atoms with van der Waals surface area (Å²) < 4.78 is 5.02. The Bertz CT molecular complexity index is 555. The number of ether oxygens (including phenoxy) is 1. The molecule has 0 atom stereocenters. The Hall–Kier alpha value is -2.08. The van der Waals surface area contributed by atoms with Gasteiger partial charge in [0.1, 0.15) is 11.5 Å². The van der Waals surface area contributed by atoms with Crippen LogP contribution in [0.1, 0.15) is 16.1 Å². The number of methoxy groups -OCH3 is 1. The number of rotatable bonds is 5. The molecule has 0 aliphatic heterocycles. The quantitative estimate of drug-likeness (QED) is 0.875. The molecule has 1 aromatic carbocycles. The lowest BCUT2D eigenvalue weighted by Crippen LogP contribution is -2.25. The highest BCUT2D eigenvalue weighted by Gasteiger charge is 2.11. The zero-order chi connectivity index (χ0) is 13.7. The van der Waals surface area contributed by atoms with Gasteiger partial charge in [-0.1, -0.05) is 0 Å². The van der Waals surface area contributed by atoms with Crippen LogP contribution in [-0.4, -0.2) is 29.7 Å². The summed E-state index contributed by atoms with van der Waals surface area (Å²) in [6, 6.07) is 4.54. The molecule has 2 rings (SSSR count). The van der Waals surface area contributed by atoms with Gasteiger partial charge in [-0.2, -0.15) is 0 Å². The van der Waals surface area contributed by atoms with Gasteiger partial charge in [0.15, 0.2) is 0 Å². The highest BCUT2D eigenvalue weighted by atomic mass is 32.1. The van der Waals surface area contributed by atoms with Crippen molar-refractivity contribution in [3.05, 3.63) is 40.3 Å². The summed E-state index contributed by atoms with van der Waals surface area (Å²) in [5.41, 5.74) is 2.91. The van der Waals surface area contributed by atoms with Gasteiger partial charge in [-0.25, -0.2) is 4.98 Å². The minimum atomic E-state index is -0.327. The number of thiazole rings is 1. The number of benzene rings is 1. The highest BCUT2D eigenvalue weighted by molar-refractivity contribution is 7.07. The Morgan fingerprint density at radius 1 is 1.53 bits per heavy atom. The molecule has 1 aromatic heterocycles. The fourth-order valence-corrected chi connectivity index (χ4v) is 2.18. The summed E-state index contributed by atoms with van der Waals surface area (Å²) in [7, 11) is 1.51. The van der Waals surface area contributed by atoms with Crippen molar-refractivity contribution in [2.24, 2.45) is 0 Å². The number of phenolic OH excluding ortho intramolecular Hbond substituents is 1. The molecule has 0 bridgehead atoms. The first kappa shape index (κ1) is 13.4. The van der Waals surface area contributed by atoms with E-state index in [0.717, 1.165) is 5.69 Å². The van der Waals surface area contributed by atoms with Gasteiger partial charge in [0.2, 0.25) is 0 Å². The van der Waals surface area contributed by atoms with Crippen molar-refractivity contribution >= 4 is 17.2 Å². The second kappa shape index (κ2) is 6.19. The van der Waals surface area contributed by atoms with Crippen molar-refractivity contribution in [2.75, 3.05) is 13.7 Å². The molecule has 2 N–H and O–H groups in total. The van der Waals surface area contributed by atoms with Gasteiger partial charge in [-0.05, 0) is 18.2 Å². The number of carbonyl (C=O) groups is 1. The van der Waals surface area contributed by atoms with Crippen LogP contribution in [0.15, 0.2) is 29.1 Å². The van der Waals surface area contributed by atoms with Gasteiger partial charge >= 0.3 is 0 Å². The molecule has 0 aliphatic carbocycles. The molecule has 19 heavy (non-hydrogen) atoms. The fraction of sp³-hybridized carbons (Fsp3) is 0.231. The first-order chi connectivity index (χ1) is 9.20. The predicted octanol–water partition coefficient (Wildman–Crippen LogP) is 1.83. The summed E-state index contributed by atoms with van der Waals surface area (Å²) in [4.78, 5) is 16.0. The van der Waals surface area contributed by atoms with Crippen LogP contribution < -0.4 is 10.1 Å². The fourth-order valence-electron chi connectivity index (χ4n) is 1.58. The van der Waals surface area contributed by atoms with Crippen molar-refractivity contribution in [3.8, 4) is 11.5 Å². The number of aromatic hydroxyl groups is 1. The van der Waals surface area contributed by atoms with Gasteiger partial charge in [-0.15, -0.1) is 11.3 Å². The van der Waals surface area contributed by atoms with Crippen molar-refractivity contribution in [3.63, 3.8) is 0 Å². The third-order valence-corrected chi connectivity index (χ3v) is 3.23. The van der Waals surface area contributed by atoms with E-state index in [0.29, 0.717) is 18.7 Å². The monoisotopic (exact) mass is 278 g/mol. The molecule has 0 saturated heterocycles. The van der Waals surface area contributed by atoms with E-state index in [1.54, 1.807) is 11.6 Å². The van der Waals surface area contributed by atoms with Crippen LogP contribution in [-0.2, 0) is 6.42 Å². The van der Waals surface area contributed by atoms with Gasteiger partial charge in [0.25, 0.3) is 5.91 Å². The van der Waals surface area contributed by atoms with Crippen LogP contribution in [0, 0.1) is 0 Å². The maximum Gasteiger partial charge on any atom is 0.255 e. The normalized spacial score (nSPS) is 10.2. The molecular formula is C13H14N2O3S. The van der Waals surface area contributed by atoms with E-state index in [9.17, 15) is 9.90 Å². The summed E-state index contributed by atoms with van der Waals surface area (Å²) in [5.74, 6) is 0.140. The molecule has 1 heterocycles. The smallest absolute Gasteiger partial charge is 0.255 e. The predicted molar refractivity (Wildman–Crippen MR) is 72.8 cm³/mol. The number of carbonyl (C=O) groups excluding carboxylic acids is 1. The van der Waals surface area contributed by atoms with E-state index in [2.05, 4.69) is 10.3 Å². The zero-order valence-corrected chi connectivity index (χ0v) is 11.2. The summed E-state index contributed by atoms with van der Waals surface area (Å²) in [6.45, 7) is 0.471. The molecule has 0 aliphatic rings. The number of phenols is 1. The maximum absolute atomic E-state index is 11.9. The summed E-state index contributed by atoms with van der Waals surface area (Å²) in [6.07, 6.45) is 0.667. The molecule has 6 heteroatoms. The number of hydrogen-bond donors (Lipinski definition) is 2. The Balaban J connectivity index is 1.95. The lowest BCUT2D eigenvalue weighted by molar-refractivity contribution is 0.0951. The SMILES string of the molecule is COc1ccc(O)c(C(=O)NCCc2cscn2)c1. The Morgan fingerprint density at radius 2 is 2.37 bits per heavy atom. The van der Waals surface area contributed by atoms with Gasteiger partial charge in [0, 0.05) is 18.3 Å².